The van der Waals surface area contributed by atoms with Crippen molar-refractivity contribution in [1.82, 2.24) is 5.32 Å². The Kier molecular flexibility index (Phi) is 31.2. The van der Waals surface area contributed by atoms with Crippen LogP contribution in [0.15, 0.2) is 12.2 Å². The molecule has 0 spiro atoms. The fraction of sp³-hybridized carbons (Fsp3) is 0.861. The maximum absolute atomic E-state index is 12.2. The van der Waals surface area contributed by atoms with Gasteiger partial charge in [0.25, 0.3) is 0 Å². The van der Waals surface area contributed by atoms with Crippen molar-refractivity contribution in [3.63, 3.8) is 0 Å². The Morgan fingerprint density at radius 3 is 1.58 bits per heavy atom. The fourth-order valence-electron chi connectivity index (χ4n) is 5.07. The topological polar surface area (TPSA) is 169 Å². The van der Waals surface area contributed by atoms with E-state index in [2.05, 4.69) is 31.3 Å². The van der Waals surface area contributed by atoms with Gasteiger partial charge >= 0.3 is 19.8 Å². The molecule has 12 heteroatoms. The molecule has 0 aromatic heterocycles. The number of unbranched alkanes of at least 4 members (excludes halogenated alkanes) is 19. The predicted molar refractivity (Wildman–Crippen MR) is 190 cm³/mol. The molecule has 0 bridgehead atoms. The summed E-state index contributed by atoms with van der Waals surface area (Å²) in [6, 6.07) is -1.54. The van der Waals surface area contributed by atoms with Gasteiger partial charge in [-0.3, -0.25) is 18.6 Å². The molecule has 1 amide bonds. The van der Waals surface area contributed by atoms with Crippen LogP contribution in [0.4, 0.5) is 0 Å². The molecule has 0 aliphatic heterocycles. The maximum atomic E-state index is 12.2. The third-order valence-electron chi connectivity index (χ3n) is 8.05. The number of hydrogen-bond acceptors (Lipinski definition) is 8. The number of amides is 1. The molecule has 0 aliphatic carbocycles. The van der Waals surface area contributed by atoms with Gasteiger partial charge in [-0.15, -0.1) is 0 Å². The number of aliphatic carboxylic acids is 1. The lowest BCUT2D eigenvalue weighted by molar-refractivity contribution is -0.147. The number of carboxylic acid groups (broad SMARTS) is 1. The quantitative estimate of drug-likeness (QED) is 0.0217. The highest BCUT2D eigenvalue weighted by atomic mass is 31.2. The number of esters is 1. The van der Waals surface area contributed by atoms with Crippen LogP contribution in [0.25, 0.3) is 0 Å². The van der Waals surface area contributed by atoms with Gasteiger partial charge in [0.1, 0.15) is 12.7 Å². The van der Waals surface area contributed by atoms with Gasteiger partial charge in [0.05, 0.1) is 13.2 Å². The standard InChI is InChI=1S/C36H68NO10P/c1-3-5-7-9-10-11-12-13-14-15-16-17-18-19-20-21-22-24-25-27-34(39)37-33(36(41)42)31-47-48(43,44)46-30-32(38)29-45-35(40)28-26-23-8-6-4-2/h13-14,32-33,38H,3-12,15-31H2,1-2H3,(H,37,39)(H,41,42)(H,43,44)/b14-13+. The van der Waals surface area contributed by atoms with E-state index in [9.17, 15) is 34.1 Å². The molecule has 0 aromatic rings. The molecule has 0 aromatic carbocycles. The van der Waals surface area contributed by atoms with Crippen LogP contribution in [-0.4, -0.2) is 64.9 Å². The molecule has 0 heterocycles. The van der Waals surface area contributed by atoms with Gasteiger partial charge in [-0.1, -0.05) is 129 Å². The van der Waals surface area contributed by atoms with Crippen LogP contribution in [0.5, 0.6) is 0 Å². The molecule has 282 valence electrons. The maximum Gasteiger partial charge on any atom is 0.472 e. The Hall–Kier alpha value is -1.78. The van der Waals surface area contributed by atoms with Gasteiger partial charge in [-0.2, -0.15) is 0 Å². The second-order valence-corrected chi connectivity index (χ2v) is 14.2. The molecular weight excluding hydrogens is 637 g/mol. The first-order valence-electron chi connectivity index (χ1n) is 18.7. The van der Waals surface area contributed by atoms with E-state index >= 15 is 0 Å². The lowest BCUT2D eigenvalue weighted by Crippen LogP contribution is -2.43. The number of hydrogen-bond donors (Lipinski definition) is 4. The molecule has 3 unspecified atom stereocenters. The molecule has 11 nitrogen and oxygen atoms in total. The molecule has 4 N–H and O–H groups in total. The summed E-state index contributed by atoms with van der Waals surface area (Å²) in [5.41, 5.74) is 0. The highest BCUT2D eigenvalue weighted by Crippen LogP contribution is 2.43. The number of ether oxygens (including phenoxy) is 1. The number of carbonyl (C=O) groups excluding carboxylic acids is 2. The minimum atomic E-state index is -4.73. The lowest BCUT2D eigenvalue weighted by atomic mass is 10.1. The number of carboxylic acids is 1. The summed E-state index contributed by atoms with van der Waals surface area (Å²) in [7, 11) is -4.73. The third-order valence-corrected chi connectivity index (χ3v) is 9.01. The average molecular weight is 706 g/mol. The molecule has 0 radical (unpaired) electrons. The molecular formula is C36H68NO10P. The van der Waals surface area contributed by atoms with Crippen molar-refractivity contribution in [2.75, 3.05) is 19.8 Å². The summed E-state index contributed by atoms with van der Waals surface area (Å²) < 4.78 is 26.5. The molecule has 0 aliphatic rings. The van der Waals surface area contributed by atoms with Crippen molar-refractivity contribution in [2.24, 2.45) is 0 Å². The van der Waals surface area contributed by atoms with E-state index < -0.39 is 57.6 Å². The van der Waals surface area contributed by atoms with E-state index in [1.165, 1.54) is 83.5 Å². The van der Waals surface area contributed by atoms with E-state index in [4.69, 9.17) is 13.8 Å². The molecule has 0 saturated heterocycles. The largest absolute Gasteiger partial charge is 0.480 e. The van der Waals surface area contributed by atoms with Crippen molar-refractivity contribution in [1.29, 1.82) is 0 Å². The van der Waals surface area contributed by atoms with Gasteiger partial charge in [0, 0.05) is 12.8 Å². The van der Waals surface area contributed by atoms with Crippen LogP contribution in [0.1, 0.15) is 168 Å². The minimum absolute atomic E-state index is 0.146. The number of phosphoric acid groups is 1. The van der Waals surface area contributed by atoms with Crippen molar-refractivity contribution in [3.8, 4) is 0 Å². The van der Waals surface area contributed by atoms with Gasteiger partial charge in [0.15, 0.2) is 6.04 Å². The second-order valence-electron chi connectivity index (χ2n) is 12.8. The molecule has 0 fully saturated rings. The van der Waals surface area contributed by atoms with E-state index in [1.54, 1.807) is 0 Å². The molecule has 3 atom stereocenters. The number of phosphoric ester groups is 1. The normalized spacial score (nSPS) is 14.1. The Morgan fingerprint density at radius 1 is 0.646 bits per heavy atom. The summed E-state index contributed by atoms with van der Waals surface area (Å²) in [5.74, 6) is -2.38. The summed E-state index contributed by atoms with van der Waals surface area (Å²) in [5, 5.41) is 21.6. The predicted octanol–water partition coefficient (Wildman–Crippen LogP) is 8.55. The molecule has 48 heavy (non-hydrogen) atoms. The molecule has 0 rings (SSSR count). The van der Waals surface area contributed by atoms with Gasteiger partial charge in [-0.05, 0) is 38.5 Å². The van der Waals surface area contributed by atoms with E-state index in [1.807, 2.05) is 0 Å². The number of aliphatic hydroxyl groups is 1. The average Bonchev–Trinajstić information content (AvgIpc) is 3.05. The fourth-order valence-corrected chi connectivity index (χ4v) is 5.85. The van der Waals surface area contributed by atoms with E-state index in [0.717, 1.165) is 44.9 Å². The Morgan fingerprint density at radius 2 is 1.08 bits per heavy atom. The summed E-state index contributed by atoms with van der Waals surface area (Å²) in [6.07, 6.45) is 28.7. The van der Waals surface area contributed by atoms with Crippen LogP contribution < -0.4 is 5.32 Å². The van der Waals surface area contributed by atoms with Crippen LogP contribution in [-0.2, 0) is 32.7 Å². The van der Waals surface area contributed by atoms with Crippen molar-refractivity contribution in [2.45, 2.75) is 180 Å². The lowest BCUT2D eigenvalue weighted by Gasteiger charge is -2.18. The minimum Gasteiger partial charge on any atom is -0.480 e. The smallest absolute Gasteiger partial charge is 0.472 e. The van der Waals surface area contributed by atoms with Gasteiger partial charge < -0.3 is 25.2 Å². The first-order chi connectivity index (χ1) is 23.1. The third kappa shape index (κ3) is 31.5. The van der Waals surface area contributed by atoms with Crippen molar-refractivity contribution in [3.05, 3.63) is 12.2 Å². The Labute approximate surface area is 290 Å². The number of allylic oxidation sites excluding steroid dienone is 2. The van der Waals surface area contributed by atoms with Crippen LogP contribution in [0.3, 0.4) is 0 Å². The zero-order valence-corrected chi connectivity index (χ0v) is 30.9. The van der Waals surface area contributed by atoms with Gasteiger partial charge in [0.2, 0.25) is 5.91 Å². The highest BCUT2D eigenvalue weighted by molar-refractivity contribution is 7.47. The number of rotatable bonds is 35. The zero-order valence-electron chi connectivity index (χ0n) is 30.0. The SMILES string of the molecule is CCCCCCCC/C=C/CCCCCCCCCCCC(=O)NC(COP(=O)(O)OCC(O)COC(=O)CCCCCCC)C(=O)O. The summed E-state index contributed by atoms with van der Waals surface area (Å²) in [6.45, 7) is 2.46. The number of aliphatic hydroxyl groups excluding tert-OH is 1. The second kappa shape index (κ2) is 32.4. The summed E-state index contributed by atoms with van der Waals surface area (Å²) in [4.78, 5) is 45.4. The van der Waals surface area contributed by atoms with E-state index in [0.29, 0.717) is 12.8 Å². The Balaban J connectivity index is 3.90. The monoisotopic (exact) mass is 705 g/mol. The highest BCUT2D eigenvalue weighted by Gasteiger charge is 2.28. The van der Waals surface area contributed by atoms with Crippen molar-refractivity contribution >= 4 is 25.7 Å². The first-order valence-corrected chi connectivity index (χ1v) is 20.2. The van der Waals surface area contributed by atoms with Crippen LogP contribution >= 0.6 is 7.82 Å². The number of carbonyl (C=O) groups is 3. The van der Waals surface area contributed by atoms with Crippen LogP contribution in [0.2, 0.25) is 0 Å². The van der Waals surface area contributed by atoms with Crippen LogP contribution in [0, 0.1) is 0 Å². The Bertz CT molecular complexity index is 885. The molecule has 0 saturated carbocycles. The van der Waals surface area contributed by atoms with Gasteiger partial charge in [-0.25, -0.2) is 9.36 Å². The van der Waals surface area contributed by atoms with E-state index in [-0.39, 0.29) is 12.8 Å². The summed E-state index contributed by atoms with van der Waals surface area (Å²) >= 11 is 0. The zero-order chi connectivity index (χ0) is 35.7. The first kappa shape index (κ1) is 46.2. The van der Waals surface area contributed by atoms with Crippen molar-refractivity contribution < 1.29 is 47.8 Å². The number of nitrogens with one attached hydrogen (secondary N) is 1.